The van der Waals surface area contributed by atoms with Gasteiger partial charge in [0.1, 0.15) is 6.54 Å². The highest BCUT2D eigenvalue weighted by Crippen LogP contribution is 2.13. The van der Waals surface area contributed by atoms with Crippen LogP contribution >= 0.6 is 0 Å². The summed E-state index contributed by atoms with van der Waals surface area (Å²) < 4.78 is 1.72. The first-order valence-electron chi connectivity index (χ1n) is 6.99. The summed E-state index contributed by atoms with van der Waals surface area (Å²) in [4.78, 5) is 12.2. The third kappa shape index (κ3) is 2.94. The van der Waals surface area contributed by atoms with E-state index in [1.807, 2.05) is 61.5 Å². The molecule has 1 N–H and O–H groups in total. The summed E-state index contributed by atoms with van der Waals surface area (Å²) in [6.07, 6.45) is 1.78. The zero-order chi connectivity index (χ0) is 14.7. The fourth-order valence-corrected chi connectivity index (χ4v) is 2.40. The predicted octanol–water partition coefficient (Wildman–Crippen LogP) is 2.91. The maximum Gasteiger partial charge on any atom is 0.242 e. The molecule has 3 rings (SSSR count). The van der Waals surface area contributed by atoms with Crippen LogP contribution in [0.1, 0.15) is 18.5 Å². The van der Waals surface area contributed by atoms with Crippen molar-refractivity contribution in [1.29, 1.82) is 0 Å². The number of carbonyl (C=O) groups is 1. The molecule has 21 heavy (non-hydrogen) atoms. The summed E-state index contributed by atoms with van der Waals surface area (Å²) in [7, 11) is 0. The van der Waals surface area contributed by atoms with Crippen LogP contribution in [-0.4, -0.2) is 15.7 Å². The maximum atomic E-state index is 12.2. The Hall–Kier alpha value is -2.62. The molecule has 1 heterocycles. The van der Waals surface area contributed by atoms with E-state index in [9.17, 15) is 4.79 Å². The summed E-state index contributed by atoms with van der Waals surface area (Å²) in [5.74, 6) is -0.0415. The van der Waals surface area contributed by atoms with E-state index < -0.39 is 0 Å². The van der Waals surface area contributed by atoms with Crippen molar-refractivity contribution in [3.63, 3.8) is 0 Å². The standard InChI is InChI=1S/C17H17N3O/c1-13(14-7-3-2-4-8-14)19-17(21)12-20-16-10-6-5-9-15(16)11-18-20/h2-11,13H,12H2,1H3,(H,19,21)/t13-/m1/s1. The predicted molar refractivity (Wildman–Crippen MR) is 82.7 cm³/mol. The molecule has 0 fully saturated rings. The van der Waals surface area contributed by atoms with E-state index in [1.54, 1.807) is 10.9 Å². The Kier molecular flexibility index (Phi) is 3.69. The second-order valence-corrected chi connectivity index (χ2v) is 5.06. The number of benzene rings is 2. The average Bonchev–Trinajstić information content (AvgIpc) is 2.91. The molecule has 0 spiro atoms. The number of nitrogens with zero attached hydrogens (tertiary/aromatic N) is 2. The van der Waals surface area contributed by atoms with Gasteiger partial charge in [-0.15, -0.1) is 0 Å². The molecule has 0 bridgehead atoms. The van der Waals surface area contributed by atoms with Gasteiger partial charge in [-0.25, -0.2) is 0 Å². The summed E-state index contributed by atoms with van der Waals surface area (Å²) in [6.45, 7) is 2.21. The summed E-state index contributed by atoms with van der Waals surface area (Å²) in [6, 6.07) is 17.8. The number of carbonyl (C=O) groups excluding carboxylic acids is 1. The minimum Gasteiger partial charge on any atom is -0.348 e. The highest BCUT2D eigenvalue weighted by Gasteiger charge is 2.11. The largest absolute Gasteiger partial charge is 0.348 e. The van der Waals surface area contributed by atoms with Crippen molar-refractivity contribution in [1.82, 2.24) is 15.1 Å². The molecular formula is C17H17N3O. The molecule has 4 nitrogen and oxygen atoms in total. The SMILES string of the molecule is C[C@@H](NC(=O)Cn1ncc2ccccc21)c1ccccc1. The van der Waals surface area contributed by atoms with E-state index in [1.165, 1.54) is 0 Å². The molecule has 3 aromatic rings. The van der Waals surface area contributed by atoms with Gasteiger partial charge in [-0.3, -0.25) is 9.48 Å². The van der Waals surface area contributed by atoms with Crippen molar-refractivity contribution in [3.8, 4) is 0 Å². The molecule has 1 atom stereocenters. The zero-order valence-electron chi connectivity index (χ0n) is 11.9. The van der Waals surface area contributed by atoms with Gasteiger partial charge in [0.15, 0.2) is 0 Å². The smallest absolute Gasteiger partial charge is 0.242 e. The number of para-hydroxylation sites is 1. The van der Waals surface area contributed by atoms with Gasteiger partial charge >= 0.3 is 0 Å². The highest BCUT2D eigenvalue weighted by atomic mass is 16.2. The molecule has 4 heteroatoms. The van der Waals surface area contributed by atoms with Crippen molar-refractivity contribution >= 4 is 16.8 Å². The van der Waals surface area contributed by atoms with Gasteiger partial charge in [-0.2, -0.15) is 5.10 Å². The lowest BCUT2D eigenvalue weighted by Gasteiger charge is -2.14. The van der Waals surface area contributed by atoms with E-state index in [0.717, 1.165) is 16.5 Å². The van der Waals surface area contributed by atoms with E-state index in [4.69, 9.17) is 0 Å². The van der Waals surface area contributed by atoms with Crippen molar-refractivity contribution in [2.75, 3.05) is 0 Å². The number of rotatable bonds is 4. The fraction of sp³-hybridized carbons (Fsp3) is 0.176. The number of aromatic nitrogens is 2. The lowest BCUT2D eigenvalue weighted by molar-refractivity contribution is -0.122. The molecule has 0 aliphatic heterocycles. The van der Waals surface area contributed by atoms with Crippen LogP contribution in [0.25, 0.3) is 10.9 Å². The molecular weight excluding hydrogens is 262 g/mol. The lowest BCUT2D eigenvalue weighted by atomic mass is 10.1. The summed E-state index contributed by atoms with van der Waals surface area (Å²) in [5, 5.41) is 8.31. The number of nitrogens with one attached hydrogen (secondary N) is 1. The van der Waals surface area contributed by atoms with E-state index in [2.05, 4.69) is 10.4 Å². The Balaban J connectivity index is 1.69. The van der Waals surface area contributed by atoms with E-state index >= 15 is 0 Å². The highest BCUT2D eigenvalue weighted by molar-refractivity contribution is 5.82. The molecule has 2 aromatic carbocycles. The number of fused-ring (bicyclic) bond motifs is 1. The second-order valence-electron chi connectivity index (χ2n) is 5.06. The normalized spacial score (nSPS) is 12.2. The average molecular weight is 279 g/mol. The molecule has 0 saturated heterocycles. The fourth-order valence-electron chi connectivity index (χ4n) is 2.40. The molecule has 1 amide bonds. The Bertz CT molecular complexity index is 749. The van der Waals surface area contributed by atoms with E-state index in [0.29, 0.717) is 0 Å². The van der Waals surface area contributed by atoms with Crippen molar-refractivity contribution < 1.29 is 4.79 Å². The molecule has 106 valence electrons. The first-order valence-corrected chi connectivity index (χ1v) is 6.99. The van der Waals surface area contributed by atoms with Gasteiger partial charge < -0.3 is 5.32 Å². The van der Waals surface area contributed by atoms with Crippen LogP contribution < -0.4 is 5.32 Å². The molecule has 0 aliphatic rings. The summed E-state index contributed by atoms with van der Waals surface area (Å²) >= 11 is 0. The van der Waals surface area contributed by atoms with Crippen molar-refractivity contribution in [3.05, 3.63) is 66.4 Å². The van der Waals surface area contributed by atoms with Crippen LogP contribution in [0.2, 0.25) is 0 Å². The Labute approximate surface area is 123 Å². The van der Waals surface area contributed by atoms with Gasteiger partial charge in [0, 0.05) is 5.39 Å². The quantitative estimate of drug-likeness (QED) is 0.798. The molecule has 1 aromatic heterocycles. The first-order chi connectivity index (χ1) is 10.2. The van der Waals surface area contributed by atoms with Gasteiger partial charge in [0.05, 0.1) is 17.8 Å². The second kappa shape index (κ2) is 5.79. The van der Waals surface area contributed by atoms with Crippen LogP contribution in [0.5, 0.6) is 0 Å². The summed E-state index contributed by atoms with van der Waals surface area (Å²) in [5.41, 5.74) is 2.07. The molecule has 0 saturated carbocycles. The maximum absolute atomic E-state index is 12.2. The van der Waals surface area contributed by atoms with Gasteiger partial charge in [-0.05, 0) is 18.6 Å². The van der Waals surface area contributed by atoms with Crippen molar-refractivity contribution in [2.24, 2.45) is 0 Å². The van der Waals surface area contributed by atoms with Crippen LogP contribution in [0, 0.1) is 0 Å². The van der Waals surface area contributed by atoms with Crippen LogP contribution in [0.3, 0.4) is 0 Å². The number of hydrogen-bond donors (Lipinski definition) is 1. The van der Waals surface area contributed by atoms with Crippen LogP contribution in [-0.2, 0) is 11.3 Å². The minimum atomic E-state index is -0.0415. The van der Waals surface area contributed by atoms with Crippen LogP contribution in [0.4, 0.5) is 0 Å². The van der Waals surface area contributed by atoms with Crippen LogP contribution in [0.15, 0.2) is 60.8 Å². The number of hydrogen-bond acceptors (Lipinski definition) is 2. The number of amides is 1. The zero-order valence-corrected chi connectivity index (χ0v) is 11.9. The third-order valence-corrected chi connectivity index (χ3v) is 3.52. The Morgan fingerprint density at radius 2 is 1.86 bits per heavy atom. The monoisotopic (exact) mass is 279 g/mol. The molecule has 0 unspecified atom stereocenters. The lowest BCUT2D eigenvalue weighted by Crippen LogP contribution is -2.30. The third-order valence-electron chi connectivity index (χ3n) is 3.52. The van der Waals surface area contributed by atoms with Gasteiger partial charge in [0.25, 0.3) is 0 Å². The topological polar surface area (TPSA) is 46.9 Å². The minimum absolute atomic E-state index is 0.0134. The molecule has 0 aliphatic carbocycles. The van der Waals surface area contributed by atoms with E-state index in [-0.39, 0.29) is 18.5 Å². The first kappa shape index (κ1) is 13.4. The van der Waals surface area contributed by atoms with Gasteiger partial charge in [-0.1, -0.05) is 48.5 Å². The van der Waals surface area contributed by atoms with Crippen molar-refractivity contribution in [2.45, 2.75) is 19.5 Å². The Morgan fingerprint density at radius 3 is 2.67 bits per heavy atom. The van der Waals surface area contributed by atoms with Gasteiger partial charge in [0.2, 0.25) is 5.91 Å². The molecule has 0 radical (unpaired) electrons. The Morgan fingerprint density at radius 1 is 1.14 bits per heavy atom.